The van der Waals surface area contributed by atoms with E-state index in [1.54, 1.807) is 25.1 Å². The molecular formula is C21H15F2N3O2S. The van der Waals surface area contributed by atoms with E-state index in [4.69, 9.17) is 5.73 Å². The third-order valence-corrected chi connectivity index (χ3v) is 5.68. The second-order valence-electron chi connectivity index (χ2n) is 6.46. The lowest BCUT2D eigenvalue weighted by molar-refractivity contribution is 0.100. The van der Waals surface area contributed by atoms with Crippen LogP contribution >= 0.6 is 11.3 Å². The van der Waals surface area contributed by atoms with Gasteiger partial charge in [-0.25, -0.2) is 8.78 Å². The van der Waals surface area contributed by atoms with Crippen LogP contribution in [0.25, 0.3) is 15.9 Å². The van der Waals surface area contributed by atoms with Crippen molar-refractivity contribution in [1.82, 2.24) is 4.57 Å². The zero-order valence-corrected chi connectivity index (χ0v) is 16.0. The third kappa shape index (κ3) is 3.38. The molecule has 5 nitrogen and oxygen atoms in total. The number of anilines is 2. The van der Waals surface area contributed by atoms with Gasteiger partial charge in [-0.2, -0.15) is 0 Å². The highest BCUT2D eigenvalue weighted by Gasteiger charge is 2.20. The summed E-state index contributed by atoms with van der Waals surface area (Å²) >= 11 is 1.06. The number of aromatic nitrogens is 1. The maximum Gasteiger partial charge on any atom is 0.261 e. The van der Waals surface area contributed by atoms with Gasteiger partial charge in [0.15, 0.2) is 0 Å². The van der Waals surface area contributed by atoms with Crippen LogP contribution in [0.5, 0.6) is 0 Å². The molecule has 2 aromatic carbocycles. The van der Waals surface area contributed by atoms with E-state index in [1.807, 2.05) is 0 Å². The van der Waals surface area contributed by atoms with Crippen molar-refractivity contribution in [3.05, 3.63) is 87.0 Å². The van der Waals surface area contributed by atoms with Gasteiger partial charge in [-0.15, -0.1) is 11.3 Å². The molecule has 2 aromatic heterocycles. The molecule has 0 radical (unpaired) electrons. The van der Waals surface area contributed by atoms with Gasteiger partial charge < -0.3 is 11.1 Å². The Labute approximate surface area is 168 Å². The number of hydrogen-bond donors (Lipinski definition) is 2. The van der Waals surface area contributed by atoms with E-state index in [-0.39, 0.29) is 16.3 Å². The molecule has 0 saturated carbocycles. The normalized spacial score (nSPS) is 11.0. The zero-order valence-electron chi connectivity index (χ0n) is 15.2. The highest BCUT2D eigenvalue weighted by Crippen LogP contribution is 2.37. The Hall–Kier alpha value is -3.52. The molecule has 1 amide bonds. The number of nitrogens with zero attached hydrogens (tertiary/aromatic N) is 1. The standard InChI is InChI=1S/C21H15F2N3O2S/c1-11-10-13(4-8-16(11)23)25-18-15-7-9-17(27)26(14-5-2-12(22)3-6-14)21(15)29-19(18)20(24)28/h2-10,25H,1H3,(H2,24,28). The Morgan fingerprint density at radius 3 is 2.45 bits per heavy atom. The molecule has 0 aliphatic carbocycles. The molecule has 0 atom stereocenters. The molecule has 8 heteroatoms. The molecule has 0 spiro atoms. The number of pyridine rings is 1. The van der Waals surface area contributed by atoms with Gasteiger partial charge in [0.1, 0.15) is 21.3 Å². The smallest absolute Gasteiger partial charge is 0.261 e. The van der Waals surface area contributed by atoms with Crippen molar-refractivity contribution >= 4 is 38.8 Å². The second-order valence-corrected chi connectivity index (χ2v) is 7.46. The van der Waals surface area contributed by atoms with Crippen LogP contribution in [0.1, 0.15) is 15.2 Å². The first kappa shape index (κ1) is 18.8. The summed E-state index contributed by atoms with van der Waals surface area (Å²) in [6.45, 7) is 1.63. The number of primary amides is 1. The number of thiophene rings is 1. The molecular weight excluding hydrogens is 396 g/mol. The number of nitrogens with one attached hydrogen (secondary N) is 1. The van der Waals surface area contributed by atoms with Crippen LogP contribution in [-0.4, -0.2) is 10.5 Å². The first-order valence-electron chi connectivity index (χ1n) is 8.62. The van der Waals surface area contributed by atoms with E-state index < -0.39 is 11.7 Å². The Morgan fingerprint density at radius 1 is 1.07 bits per heavy atom. The van der Waals surface area contributed by atoms with Crippen LogP contribution in [-0.2, 0) is 0 Å². The highest BCUT2D eigenvalue weighted by molar-refractivity contribution is 7.21. The lowest BCUT2D eigenvalue weighted by Crippen LogP contribution is -2.16. The van der Waals surface area contributed by atoms with Gasteiger partial charge >= 0.3 is 0 Å². The summed E-state index contributed by atoms with van der Waals surface area (Å²) in [6.07, 6.45) is 0. The van der Waals surface area contributed by atoms with Crippen molar-refractivity contribution < 1.29 is 13.6 Å². The number of aryl methyl sites for hydroxylation is 1. The zero-order chi connectivity index (χ0) is 20.7. The number of rotatable bonds is 4. The summed E-state index contributed by atoms with van der Waals surface area (Å²) < 4.78 is 28.3. The van der Waals surface area contributed by atoms with Crippen LogP contribution in [0.4, 0.5) is 20.2 Å². The predicted molar refractivity (Wildman–Crippen MR) is 110 cm³/mol. The number of benzene rings is 2. The van der Waals surface area contributed by atoms with Gasteiger partial charge in [0.05, 0.1) is 11.4 Å². The second kappa shape index (κ2) is 7.14. The average molecular weight is 411 g/mol. The van der Waals surface area contributed by atoms with Crippen molar-refractivity contribution in [3.63, 3.8) is 0 Å². The number of carbonyl (C=O) groups is 1. The Bertz CT molecular complexity index is 1310. The van der Waals surface area contributed by atoms with Crippen LogP contribution in [0.15, 0.2) is 59.4 Å². The maximum atomic E-state index is 13.6. The molecule has 3 N–H and O–H groups in total. The van der Waals surface area contributed by atoms with Crippen molar-refractivity contribution in [2.45, 2.75) is 6.92 Å². The van der Waals surface area contributed by atoms with Gasteiger partial charge in [-0.1, -0.05) is 0 Å². The van der Waals surface area contributed by atoms with E-state index in [9.17, 15) is 18.4 Å². The molecule has 0 aliphatic heterocycles. The fourth-order valence-corrected chi connectivity index (χ4v) is 4.20. The fraction of sp³-hybridized carbons (Fsp3) is 0.0476. The summed E-state index contributed by atoms with van der Waals surface area (Å²) in [5, 5.41) is 3.71. The minimum Gasteiger partial charge on any atom is -0.365 e. The molecule has 0 fully saturated rings. The van der Waals surface area contributed by atoms with Crippen molar-refractivity contribution in [2.75, 3.05) is 5.32 Å². The molecule has 4 aromatic rings. The molecule has 0 unspecified atom stereocenters. The number of fused-ring (bicyclic) bond motifs is 1. The van der Waals surface area contributed by atoms with Crippen LogP contribution in [0, 0.1) is 18.6 Å². The topological polar surface area (TPSA) is 77.1 Å². The highest BCUT2D eigenvalue weighted by atomic mass is 32.1. The molecule has 0 aliphatic rings. The van der Waals surface area contributed by atoms with E-state index in [0.29, 0.717) is 32.8 Å². The van der Waals surface area contributed by atoms with Crippen molar-refractivity contribution in [1.29, 1.82) is 0 Å². The quantitative estimate of drug-likeness (QED) is 0.520. The van der Waals surface area contributed by atoms with E-state index in [1.165, 1.54) is 41.0 Å². The number of halogens is 2. The summed E-state index contributed by atoms with van der Waals surface area (Å²) in [7, 11) is 0. The fourth-order valence-electron chi connectivity index (χ4n) is 3.08. The Kier molecular flexibility index (Phi) is 4.63. The number of hydrogen-bond acceptors (Lipinski definition) is 4. The van der Waals surface area contributed by atoms with Gasteiger partial charge in [0.25, 0.3) is 11.5 Å². The van der Waals surface area contributed by atoms with Gasteiger partial charge in [0.2, 0.25) is 0 Å². The largest absolute Gasteiger partial charge is 0.365 e. The van der Waals surface area contributed by atoms with E-state index in [2.05, 4.69) is 5.32 Å². The molecule has 29 heavy (non-hydrogen) atoms. The SMILES string of the molecule is Cc1cc(Nc2c(C(N)=O)sc3c2ccc(=O)n3-c2ccc(F)cc2)ccc1F. The van der Waals surface area contributed by atoms with Crippen LogP contribution in [0.2, 0.25) is 0 Å². The van der Waals surface area contributed by atoms with Gasteiger partial charge in [-0.05, 0) is 61.0 Å². The van der Waals surface area contributed by atoms with Crippen LogP contribution in [0.3, 0.4) is 0 Å². The molecule has 2 heterocycles. The first-order chi connectivity index (χ1) is 13.8. The summed E-state index contributed by atoms with van der Waals surface area (Å²) in [5.74, 6) is -1.43. The molecule has 0 bridgehead atoms. The first-order valence-corrected chi connectivity index (χ1v) is 9.44. The maximum absolute atomic E-state index is 13.6. The lowest BCUT2D eigenvalue weighted by atomic mass is 10.2. The van der Waals surface area contributed by atoms with Crippen molar-refractivity contribution in [2.24, 2.45) is 5.73 Å². The van der Waals surface area contributed by atoms with E-state index in [0.717, 1.165) is 11.3 Å². The van der Waals surface area contributed by atoms with E-state index >= 15 is 0 Å². The molecule has 0 saturated heterocycles. The minimum atomic E-state index is -0.661. The number of nitrogens with two attached hydrogens (primary N) is 1. The summed E-state index contributed by atoms with van der Waals surface area (Å²) in [4.78, 5) is 25.3. The predicted octanol–water partition coefficient (Wildman–Crippen LogP) is 4.48. The number of carbonyl (C=O) groups excluding carboxylic acids is 1. The average Bonchev–Trinajstić information content (AvgIpc) is 3.04. The van der Waals surface area contributed by atoms with Crippen molar-refractivity contribution in [3.8, 4) is 5.69 Å². The summed E-state index contributed by atoms with van der Waals surface area (Å²) in [6, 6.07) is 12.9. The number of amides is 1. The molecule has 146 valence electrons. The Morgan fingerprint density at radius 2 is 1.79 bits per heavy atom. The Balaban J connectivity index is 1.95. The lowest BCUT2D eigenvalue weighted by Gasteiger charge is -2.10. The summed E-state index contributed by atoms with van der Waals surface area (Å²) in [5.41, 5.74) is 7.15. The van der Waals surface area contributed by atoms with Crippen LogP contribution < -0.4 is 16.6 Å². The minimum absolute atomic E-state index is 0.225. The molecule has 4 rings (SSSR count). The third-order valence-electron chi connectivity index (χ3n) is 4.48. The van der Waals surface area contributed by atoms with Gasteiger partial charge in [0, 0.05) is 17.1 Å². The van der Waals surface area contributed by atoms with Gasteiger partial charge in [-0.3, -0.25) is 14.2 Å². The monoisotopic (exact) mass is 411 g/mol.